The number of anilines is 1. The topological polar surface area (TPSA) is 70.5 Å². The van der Waals surface area contributed by atoms with Crippen LogP contribution in [0.2, 0.25) is 0 Å². The molecule has 144 valence electrons. The Bertz CT molecular complexity index is 754. The third-order valence-electron chi connectivity index (χ3n) is 4.21. The van der Waals surface area contributed by atoms with Crippen LogP contribution in [0.25, 0.3) is 0 Å². The van der Waals surface area contributed by atoms with Crippen LogP contribution in [-0.2, 0) is 11.2 Å². The standard InChI is InChI=1S/C19H25N5OS2/c1-2-17-22-23-18(27-17)21-16(25)14-26-19(20-15-10-6-5-7-11-15)24-12-8-3-4-9-13-24/h5-7,10-11H,2-4,8-9,12-14H2,1H3,(H,21,23,25). The number of benzene rings is 1. The van der Waals surface area contributed by atoms with Crippen LogP contribution in [-0.4, -0.2) is 45.0 Å². The first kappa shape index (κ1) is 19.8. The van der Waals surface area contributed by atoms with E-state index in [1.165, 1.54) is 48.8 Å². The van der Waals surface area contributed by atoms with Crippen molar-refractivity contribution in [1.29, 1.82) is 0 Å². The van der Waals surface area contributed by atoms with Gasteiger partial charge in [0.05, 0.1) is 11.4 Å². The second-order valence-electron chi connectivity index (χ2n) is 6.32. The van der Waals surface area contributed by atoms with E-state index in [9.17, 15) is 4.79 Å². The van der Waals surface area contributed by atoms with Crippen LogP contribution in [0.3, 0.4) is 0 Å². The van der Waals surface area contributed by atoms with Gasteiger partial charge >= 0.3 is 0 Å². The van der Waals surface area contributed by atoms with Gasteiger partial charge in [-0.1, -0.05) is 61.1 Å². The highest BCUT2D eigenvalue weighted by Gasteiger charge is 2.17. The van der Waals surface area contributed by atoms with Crippen molar-refractivity contribution in [2.45, 2.75) is 39.0 Å². The molecule has 1 aliphatic rings. The van der Waals surface area contributed by atoms with E-state index < -0.39 is 0 Å². The quantitative estimate of drug-likeness (QED) is 0.594. The fourth-order valence-electron chi connectivity index (χ4n) is 2.80. The lowest BCUT2D eigenvalue weighted by atomic mass is 10.2. The summed E-state index contributed by atoms with van der Waals surface area (Å²) in [6.07, 6.45) is 5.69. The van der Waals surface area contributed by atoms with E-state index in [4.69, 9.17) is 4.99 Å². The van der Waals surface area contributed by atoms with E-state index in [2.05, 4.69) is 20.4 Å². The molecule has 0 aliphatic carbocycles. The Morgan fingerprint density at radius 2 is 1.93 bits per heavy atom. The number of hydrogen-bond acceptors (Lipinski definition) is 6. The third kappa shape index (κ3) is 6.32. The van der Waals surface area contributed by atoms with Crippen molar-refractivity contribution in [3.8, 4) is 0 Å². The summed E-state index contributed by atoms with van der Waals surface area (Å²) >= 11 is 2.92. The molecule has 1 aliphatic heterocycles. The predicted octanol–water partition coefficient (Wildman–Crippen LogP) is 4.34. The molecule has 0 saturated carbocycles. The lowest BCUT2D eigenvalue weighted by molar-refractivity contribution is -0.113. The molecular formula is C19H25N5OS2. The summed E-state index contributed by atoms with van der Waals surface area (Å²) in [4.78, 5) is 19.5. The number of likely N-dealkylation sites (tertiary alicyclic amines) is 1. The molecule has 0 spiro atoms. The number of amidine groups is 1. The molecule has 0 bridgehead atoms. The minimum Gasteiger partial charge on any atom is -0.351 e. The average molecular weight is 404 g/mol. The van der Waals surface area contributed by atoms with E-state index in [1.807, 2.05) is 37.3 Å². The molecule has 27 heavy (non-hydrogen) atoms. The number of thioether (sulfide) groups is 1. The molecule has 2 aromatic rings. The first-order valence-electron chi connectivity index (χ1n) is 9.38. The molecule has 6 nitrogen and oxygen atoms in total. The Morgan fingerprint density at radius 3 is 2.59 bits per heavy atom. The number of nitrogens with zero attached hydrogens (tertiary/aromatic N) is 4. The highest BCUT2D eigenvalue weighted by Crippen LogP contribution is 2.21. The molecule has 1 fully saturated rings. The number of aryl methyl sites for hydroxylation is 1. The predicted molar refractivity (Wildman–Crippen MR) is 114 cm³/mol. The maximum absolute atomic E-state index is 12.4. The van der Waals surface area contributed by atoms with Crippen LogP contribution in [0.1, 0.15) is 37.6 Å². The highest BCUT2D eigenvalue weighted by atomic mass is 32.2. The zero-order chi connectivity index (χ0) is 18.9. The molecule has 1 aromatic heterocycles. The normalized spacial score (nSPS) is 15.4. The number of nitrogens with one attached hydrogen (secondary N) is 1. The van der Waals surface area contributed by atoms with E-state index >= 15 is 0 Å². The van der Waals surface area contributed by atoms with Crippen LogP contribution in [0.15, 0.2) is 35.3 Å². The maximum atomic E-state index is 12.4. The molecule has 0 radical (unpaired) electrons. The minimum atomic E-state index is -0.0746. The van der Waals surface area contributed by atoms with E-state index in [0.29, 0.717) is 10.9 Å². The molecule has 1 N–H and O–H groups in total. The summed E-state index contributed by atoms with van der Waals surface area (Å²) in [6.45, 7) is 4.02. The van der Waals surface area contributed by atoms with Crippen molar-refractivity contribution in [3.05, 3.63) is 35.3 Å². The molecule has 1 saturated heterocycles. The van der Waals surface area contributed by atoms with Gasteiger partial charge in [-0.25, -0.2) is 4.99 Å². The lowest BCUT2D eigenvalue weighted by Gasteiger charge is -2.23. The Balaban J connectivity index is 1.65. The van der Waals surface area contributed by atoms with Crippen LogP contribution < -0.4 is 5.32 Å². The van der Waals surface area contributed by atoms with Crippen LogP contribution in [0, 0.1) is 0 Å². The first-order valence-corrected chi connectivity index (χ1v) is 11.2. The number of para-hydroxylation sites is 1. The number of carbonyl (C=O) groups excluding carboxylic acids is 1. The zero-order valence-electron chi connectivity index (χ0n) is 15.6. The smallest absolute Gasteiger partial charge is 0.236 e. The fourth-order valence-corrected chi connectivity index (χ4v) is 4.36. The Hall–Kier alpha value is -1.93. The second-order valence-corrected chi connectivity index (χ2v) is 8.33. The summed E-state index contributed by atoms with van der Waals surface area (Å²) in [5.41, 5.74) is 0.918. The SMILES string of the molecule is CCc1nnc(NC(=O)CSC(=Nc2ccccc2)N2CCCCCC2)s1. The van der Waals surface area contributed by atoms with E-state index in [0.717, 1.165) is 35.4 Å². The molecule has 8 heteroatoms. The molecule has 2 heterocycles. The van der Waals surface area contributed by atoms with E-state index in [1.54, 1.807) is 0 Å². The number of hydrogen-bond donors (Lipinski definition) is 1. The molecular weight excluding hydrogens is 378 g/mol. The molecule has 1 aromatic carbocycles. The van der Waals surface area contributed by atoms with Crippen molar-refractivity contribution in [1.82, 2.24) is 15.1 Å². The average Bonchev–Trinajstić information content (AvgIpc) is 2.97. The van der Waals surface area contributed by atoms with Crippen molar-refractivity contribution < 1.29 is 4.79 Å². The molecule has 1 amide bonds. The Kier molecular flexibility index (Phi) is 7.65. The maximum Gasteiger partial charge on any atom is 0.236 e. The van der Waals surface area contributed by atoms with Gasteiger partial charge in [0.2, 0.25) is 11.0 Å². The van der Waals surface area contributed by atoms with Crippen molar-refractivity contribution in [3.63, 3.8) is 0 Å². The number of aliphatic imine (C=N–C) groups is 1. The van der Waals surface area contributed by atoms with Gasteiger partial charge in [0.25, 0.3) is 0 Å². The van der Waals surface area contributed by atoms with E-state index in [-0.39, 0.29) is 5.91 Å². The summed E-state index contributed by atoms with van der Waals surface area (Å²) < 4.78 is 0. The summed E-state index contributed by atoms with van der Waals surface area (Å²) in [7, 11) is 0. The largest absolute Gasteiger partial charge is 0.351 e. The highest BCUT2D eigenvalue weighted by molar-refractivity contribution is 8.14. The summed E-state index contributed by atoms with van der Waals surface area (Å²) in [5, 5.41) is 13.3. The Labute approximate surface area is 168 Å². The van der Waals surface area contributed by atoms with Gasteiger partial charge in [0, 0.05) is 13.1 Å². The Morgan fingerprint density at radius 1 is 1.19 bits per heavy atom. The summed E-state index contributed by atoms with van der Waals surface area (Å²) in [5.74, 6) is 0.234. The number of rotatable bonds is 5. The van der Waals surface area contributed by atoms with Crippen LogP contribution >= 0.6 is 23.1 Å². The second kappa shape index (κ2) is 10.4. The lowest BCUT2D eigenvalue weighted by Crippen LogP contribution is -2.31. The van der Waals surface area contributed by atoms with Crippen molar-refractivity contribution in [2.75, 3.05) is 24.2 Å². The first-order chi connectivity index (χ1) is 13.2. The van der Waals surface area contributed by atoms with Crippen LogP contribution in [0.4, 0.5) is 10.8 Å². The molecule has 3 rings (SSSR count). The van der Waals surface area contributed by atoms with Gasteiger partial charge in [0.1, 0.15) is 5.01 Å². The number of amides is 1. The van der Waals surface area contributed by atoms with Gasteiger partial charge < -0.3 is 4.90 Å². The van der Waals surface area contributed by atoms with Crippen LogP contribution in [0.5, 0.6) is 0 Å². The number of carbonyl (C=O) groups is 1. The van der Waals surface area contributed by atoms with Gasteiger partial charge in [-0.2, -0.15) is 0 Å². The van der Waals surface area contributed by atoms with Gasteiger partial charge in [-0.3, -0.25) is 10.1 Å². The monoisotopic (exact) mass is 403 g/mol. The fraction of sp³-hybridized carbons (Fsp3) is 0.474. The number of aromatic nitrogens is 2. The van der Waals surface area contributed by atoms with Gasteiger partial charge in [0.15, 0.2) is 5.17 Å². The molecule has 0 atom stereocenters. The van der Waals surface area contributed by atoms with Crippen molar-refractivity contribution >= 4 is 45.0 Å². The minimum absolute atomic E-state index is 0.0746. The zero-order valence-corrected chi connectivity index (χ0v) is 17.2. The molecule has 0 unspecified atom stereocenters. The third-order valence-corrected chi connectivity index (χ3v) is 6.20. The van der Waals surface area contributed by atoms with Gasteiger partial charge in [-0.15, -0.1) is 10.2 Å². The summed E-state index contributed by atoms with van der Waals surface area (Å²) in [6, 6.07) is 9.93. The van der Waals surface area contributed by atoms with Gasteiger partial charge in [-0.05, 0) is 31.4 Å². The van der Waals surface area contributed by atoms with Crippen molar-refractivity contribution in [2.24, 2.45) is 4.99 Å².